The zero-order chi connectivity index (χ0) is 10.1. The van der Waals surface area contributed by atoms with E-state index in [0.717, 1.165) is 19.6 Å². The smallest absolute Gasteiger partial charge is 0.309 e. The Morgan fingerprint density at radius 3 is 3.00 bits per heavy atom. The van der Waals surface area contributed by atoms with E-state index in [1.807, 2.05) is 6.92 Å². The average molecular weight is 198 g/mol. The van der Waals surface area contributed by atoms with Crippen LogP contribution in [0.2, 0.25) is 0 Å². The summed E-state index contributed by atoms with van der Waals surface area (Å²) in [5.41, 5.74) is 0. The third-order valence-corrected chi connectivity index (χ3v) is 3.28. The lowest BCUT2D eigenvalue weighted by atomic mass is 10.1. The molecule has 80 valence electrons. The van der Waals surface area contributed by atoms with Gasteiger partial charge in [0.1, 0.15) is 0 Å². The number of hydrogen-bond acceptors (Lipinski definition) is 4. The lowest BCUT2D eigenvalue weighted by molar-refractivity contribution is -0.145. The van der Waals surface area contributed by atoms with Crippen LogP contribution in [0.3, 0.4) is 0 Å². The van der Waals surface area contributed by atoms with Crippen LogP contribution in [0, 0.1) is 5.92 Å². The zero-order valence-electron chi connectivity index (χ0n) is 8.82. The summed E-state index contributed by atoms with van der Waals surface area (Å²) >= 11 is 0. The van der Waals surface area contributed by atoms with Crippen molar-refractivity contribution in [3.8, 4) is 0 Å². The molecule has 2 rings (SSSR count). The second kappa shape index (κ2) is 3.87. The summed E-state index contributed by atoms with van der Waals surface area (Å²) in [6, 6.07) is 1.30. The number of esters is 1. The van der Waals surface area contributed by atoms with Crippen LogP contribution in [-0.2, 0) is 9.53 Å². The van der Waals surface area contributed by atoms with Crippen LogP contribution >= 0.6 is 0 Å². The zero-order valence-corrected chi connectivity index (χ0v) is 8.82. The Kier molecular flexibility index (Phi) is 2.74. The summed E-state index contributed by atoms with van der Waals surface area (Å²) in [4.78, 5) is 13.6. The van der Waals surface area contributed by atoms with Crippen molar-refractivity contribution in [2.75, 3.05) is 26.7 Å². The SMILES string of the molecule is COC(=O)[C@@H](C)CN1C[C@@H]2C[C@H]1CN2. The van der Waals surface area contributed by atoms with Crippen molar-refractivity contribution in [2.45, 2.75) is 25.4 Å². The molecule has 0 spiro atoms. The van der Waals surface area contributed by atoms with Gasteiger partial charge >= 0.3 is 5.97 Å². The minimum atomic E-state index is -0.0965. The molecule has 0 radical (unpaired) electrons. The normalized spacial score (nSPS) is 33.3. The Morgan fingerprint density at radius 2 is 2.50 bits per heavy atom. The minimum absolute atomic E-state index is 0.000602. The summed E-state index contributed by atoms with van der Waals surface area (Å²) in [5, 5.41) is 3.44. The number of nitrogens with one attached hydrogen (secondary N) is 1. The van der Waals surface area contributed by atoms with E-state index in [4.69, 9.17) is 4.74 Å². The van der Waals surface area contributed by atoms with Crippen molar-refractivity contribution in [3.05, 3.63) is 0 Å². The number of nitrogens with zero attached hydrogens (tertiary/aromatic N) is 1. The maximum Gasteiger partial charge on any atom is 0.309 e. The van der Waals surface area contributed by atoms with Crippen molar-refractivity contribution in [1.29, 1.82) is 0 Å². The first-order chi connectivity index (χ1) is 6.70. The predicted octanol–water partition coefficient (Wildman–Crippen LogP) is -0.158. The molecule has 0 aromatic heterocycles. The van der Waals surface area contributed by atoms with E-state index in [0.29, 0.717) is 12.1 Å². The van der Waals surface area contributed by atoms with E-state index >= 15 is 0 Å². The van der Waals surface area contributed by atoms with Crippen molar-refractivity contribution in [3.63, 3.8) is 0 Å². The number of ether oxygens (including phenoxy) is 1. The standard InChI is InChI=1S/C10H18N2O2/c1-7(10(13)14-2)5-12-6-8-3-9(12)4-11-8/h7-9,11H,3-6H2,1-2H3/t7-,8-,9-/m0/s1. The highest BCUT2D eigenvalue weighted by molar-refractivity contribution is 5.72. The van der Waals surface area contributed by atoms with Gasteiger partial charge in [0, 0.05) is 31.7 Å². The first kappa shape index (κ1) is 9.93. The number of piperazine rings is 1. The van der Waals surface area contributed by atoms with E-state index in [1.54, 1.807) is 0 Å². The molecule has 0 aromatic rings. The van der Waals surface area contributed by atoms with Crippen LogP contribution in [0.1, 0.15) is 13.3 Å². The number of hydrogen-bond donors (Lipinski definition) is 1. The average Bonchev–Trinajstić information content (AvgIpc) is 2.77. The summed E-state index contributed by atoms with van der Waals surface area (Å²) in [6.45, 7) is 4.95. The molecule has 2 heterocycles. The van der Waals surface area contributed by atoms with E-state index < -0.39 is 0 Å². The number of carbonyl (C=O) groups excluding carboxylic acids is 1. The lowest BCUT2D eigenvalue weighted by Gasteiger charge is -2.28. The minimum Gasteiger partial charge on any atom is -0.469 e. The monoisotopic (exact) mass is 198 g/mol. The van der Waals surface area contributed by atoms with Gasteiger partial charge in [-0.25, -0.2) is 0 Å². The maximum absolute atomic E-state index is 11.2. The van der Waals surface area contributed by atoms with E-state index in [2.05, 4.69) is 10.2 Å². The van der Waals surface area contributed by atoms with Gasteiger partial charge in [-0.05, 0) is 6.42 Å². The Balaban J connectivity index is 1.83. The summed E-state index contributed by atoms with van der Waals surface area (Å²) in [7, 11) is 1.45. The number of likely N-dealkylation sites (tertiary alicyclic amines) is 1. The second-order valence-electron chi connectivity index (χ2n) is 4.37. The second-order valence-corrected chi connectivity index (χ2v) is 4.37. The summed E-state index contributed by atoms with van der Waals surface area (Å²) < 4.78 is 4.72. The fourth-order valence-corrected chi connectivity index (χ4v) is 2.50. The molecule has 0 unspecified atom stereocenters. The lowest BCUT2D eigenvalue weighted by Crippen LogP contribution is -2.46. The van der Waals surface area contributed by atoms with Gasteiger partial charge < -0.3 is 10.1 Å². The van der Waals surface area contributed by atoms with E-state index in [-0.39, 0.29) is 11.9 Å². The third kappa shape index (κ3) is 1.77. The Hall–Kier alpha value is -0.610. The van der Waals surface area contributed by atoms with Crippen LogP contribution in [-0.4, -0.2) is 49.7 Å². The van der Waals surface area contributed by atoms with Crippen molar-refractivity contribution in [2.24, 2.45) is 5.92 Å². The molecule has 2 aliphatic heterocycles. The first-order valence-corrected chi connectivity index (χ1v) is 5.26. The first-order valence-electron chi connectivity index (χ1n) is 5.26. The van der Waals surface area contributed by atoms with Gasteiger partial charge in [-0.3, -0.25) is 9.69 Å². The van der Waals surface area contributed by atoms with E-state index in [9.17, 15) is 4.79 Å². The highest BCUT2D eigenvalue weighted by Crippen LogP contribution is 2.24. The van der Waals surface area contributed by atoms with Crippen molar-refractivity contribution >= 4 is 5.97 Å². The molecular formula is C10H18N2O2. The molecule has 0 aliphatic carbocycles. The molecule has 14 heavy (non-hydrogen) atoms. The molecular weight excluding hydrogens is 180 g/mol. The molecule has 3 atom stereocenters. The van der Waals surface area contributed by atoms with Gasteiger partial charge in [-0.15, -0.1) is 0 Å². The Labute approximate surface area is 84.6 Å². The predicted molar refractivity (Wildman–Crippen MR) is 52.9 cm³/mol. The molecule has 0 amide bonds. The number of methoxy groups -OCH3 is 1. The molecule has 4 nitrogen and oxygen atoms in total. The quantitative estimate of drug-likeness (QED) is 0.640. The molecule has 0 aromatic carbocycles. The highest BCUT2D eigenvalue weighted by atomic mass is 16.5. The molecule has 2 saturated heterocycles. The van der Waals surface area contributed by atoms with Crippen LogP contribution < -0.4 is 5.32 Å². The van der Waals surface area contributed by atoms with Gasteiger partial charge in [0.05, 0.1) is 13.0 Å². The molecule has 0 saturated carbocycles. The third-order valence-electron chi connectivity index (χ3n) is 3.28. The van der Waals surface area contributed by atoms with Gasteiger partial charge in [0.2, 0.25) is 0 Å². The fourth-order valence-electron chi connectivity index (χ4n) is 2.50. The van der Waals surface area contributed by atoms with Crippen LogP contribution in [0.25, 0.3) is 0 Å². The highest BCUT2D eigenvalue weighted by Gasteiger charge is 2.38. The largest absolute Gasteiger partial charge is 0.469 e. The van der Waals surface area contributed by atoms with Crippen LogP contribution in [0.15, 0.2) is 0 Å². The number of fused-ring (bicyclic) bond motifs is 2. The molecule has 4 heteroatoms. The number of rotatable bonds is 3. The van der Waals surface area contributed by atoms with E-state index in [1.165, 1.54) is 13.5 Å². The summed E-state index contributed by atoms with van der Waals surface area (Å²) in [5.74, 6) is -0.0971. The Bertz CT molecular complexity index is 232. The molecule has 1 N–H and O–H groups in total. The molecule has 2 aliphatic rings. The van der Waals surface area contributed by atoms with Gasteiger partial charge in [-0.1, -0.05) is 6.92 Å². The maximum atomic E-state index is 11.2. The van der Waals surface area contributed by atoms with Crippen LogP contribution in [0.5, 0.6) is 0 Å². The van der Waals surface area contributed by atoms with Crippen molar-refractivity contribution < 1.29 is 9.53 Å². The topological polar surface area (TPSA) is 41.6 Å². The van der Waals surface area contributed by atoms with Crippen molar-refractivity contribution in [1.82, 2.24) is 10.2 Å². The van der Waals surface area contributed by atoms with Crippen LogP contribution in [0.4, 0.5) is 0 Å². The summed E-state index contributed by atoms with van der Waals surface area (Å²) in [6.07, 6.45) is 1.24. The molecule has 2 fully saturated rings. The molecule has 2 bridgehead atoms. The Morgan fingerprint density at radius 1 is 1.71 bits per heavy atom. The van der Waals surface area contributed by atoms with Gasteiger partial charge in [0.15, 0.2) is 0 Å². The van der Waals surface area contributed by atoms with Gasteiger partial charge in [0.25, 0.3) is 0 Å². The van der Waals surface area contributed by atoms with Gasteiger partial charge in [-0.2, -0.15) is 0 Å². The fraction of sp³-hybridized carbons (Fsp3) is 0.900. The number of carbonyl (C=O) groups is 1.